The number of aromatic nitrogens is 2. The first-order valence-corrected chi connectivity index (χ1v) is 11.1. The highest BCUT2D eigenvalue weighted by atomic mass is 32.2. The normalized spacial score (nSPS) is 10.7. The van der Waals surface area contributed by atoms with Crippen molar-refractivity contribution in [1.82, 2.24) is 9.97 Å². The van der Waals surface area contributed by atoms with Gasteiger partial charge >= 0.3 is 0 Å². The minimum atomic E-state index is -0.364. The number of halogens is 1. The molecule has 2 aromatic carbocycles. The number of methoxy groups -OCH3 is 1. The molecule has 2 aromatic heterocycles. The number of hydrogen-bond donors (Lipinski definition) is 2. The van der Waals surface area contributed by atoms with E-state index in [0.717, 1.165) is 21.8 Å². The fourth-order valence-corrected chi connectivity index (χ4v) is 4.14. The summed E-state index contributed by atoms with van der Waals surface area (Å²) < 4.78 is 20.2. The number of nitrogens with one attached hydrogen (secondary N) is 1. The van der Waals surface area contributed by atoms with Crippen LogP contribution >= 0.6 is 11.8 Å². The number of ether oxygens (including phenoxy) is 1. The molecule has 0 amide bonds. The number of nitrogens with two attached hydrogens (primary N) is 1. The molecule has 3 N–H and O–H groups in total. The van der Waals surface area contributed by atoms with Gasteiger partial charge in [-0.15, -0.1) is 11.8 Å². The lowest BCUT2D eigenvalue weighted by atomic mass is 10.0. The molecular weight excluding hydrogens is 423 g/mol. The third-order valence-corrected chi connectivity index (χ3v) is 5.94. The van der Waals surface area contributed by atoms with E-state index in [1.54, 1.807) is 25.1 Å². The SMILES string of the molecule is COc1ncc(N)c(NCc2ncc(SCc3ccccc3)cc2F)c1-c1ccccc1. The van der Waals surface area contributed by atoms with Gasteiger partial charge in [-0.2, -0.15) is 0 Å². The monoisotopic (exact) mass is 446 g/mol. The highest BCUT2D eigenvalue weighted by Gasteiger charge is 2.17. The van der Waals surface area contributed by atoms with Crippen molar-refractivity contribution in [2.75, 3.05) is 18.2 Å². The summed E-state index contributed by atoms with van der Waals surface area (Å²) >= 11 is 1.55. The fourth-order valence-electron chi connectivity index (χ4n) is 3.30. The number of nitrogen functional groups attached to an aromatic ring is 1. The summed E-state index contributed by atoms with van der Waals surface area (Å²) in [6, 6.07) is 21.3. The molecule has 0 fully saturated rings. The highest BCUT2D eigenvalue weighted by Crippen LogP contribution is 2.39. The zero-order valence-corrected chi connectivity index (χ0v) is 18.4. The number of pyridine rings is 2. The zero-order chi connectivity index (χ0) is 22.3. The summed E-state index contributed by atoms with van der Waals surface area (Å²) in [5, 5.41) is 3.23. The van der Waals surface area contributed by atoms with E-state index in [9.17, 15) is 4.39 Å². The van der Waals surface area contributed by atoms with Crippen molar-refractivity contribution in [2.24, 2.45) is 0 Å². The zero-order valence-electron chi connectivity index (χ0n) is 17.6. The number of thioether (sulfide) groups is 1. The molecule has 0 spiro atoms. The Kier molecular flexibility index (Phi) is 6.87. The molecule has 162 valence electrons. The average molecular weight is 447 g/mol. The van der Waals surface area contributed by atoms with Crippen molar-refractivity contribution < 1.29 is 9.13 Å². The van der Waals surface area contributed by atoms with Gasteiger partial charge in [-0.3, -0.25) is 4.98 Å². The molecule has 0 saturated carbocycles. The maximum atomic E-state index is 14.8. The van der Waals surface area contributed by atoms with Crippen LogP contribution in [0.5, 0.6) is 5.88 Å². The van der Waals surface area contributed by atoms with Crippen LogP contribution in [-0.2, 0) is 12.3 Å². The predicted octanol–water partition coefficient (Wildman–Crippen LogP) is 5.78. The lowest BCUT2D eigenvalue weighted by Crippen LogP contribution is -2.09. The molecule has 0 bridgehead atoms. The van der Waals surface area contributed by atoms with Gasteiger partial charge in [0, 0.05) is 16.8 Å². The van der Waals surface area contributed by atoms with E-state index in [-0.39, 0.29) is 12.4 Å². The first-order valence-electron chi connectivity index (χ1n) is 10.1. The van der Waals surface area contributed by atoms with Crippen LogP contribution in [0, 0.1) is 5.82 Å². The predicted molar refractivity (Wildman–Crippen MR) is 128 cm³/mol. The fraction of sp³-hybridized carbons (Fsp3) is 0.120. The summed E-state index contributed by atoms with van der Waals surface area (Å²) in [6.45, 7) is 0.173. The molecular formula is C25H23FN4OS. The van der Waals surface area contributed by atoms with Gasteiger partial charge in [0.05, 0.1) is 42.5 Å². The van der Waals surface area contributed by atoms with E-state index in [4.69, 9.17) is 10.5 Å². The van der Waals surface area contributed by atoms with Crippen LogP contribution < -0.4 is 15.8 Å². The minimum absolute atomic E-state index is 0.173. The van der Waals surface area contributed by atoms with Crippen LogP contribution in [0.15, 0.2) is 84.0 Å². The Morgan fingerprint density at radius 1 is 1.00 bits per heavy atom. The molecule has 4 aromatic rings. The number of benzene rings is 2. The molecule has 2 heterocycles. The Morgan fingerprint density at radius 3 is 2.41 bits per heavy atom. The molecule has 7 heteroatoms. The van der Waals surface area contributed by atoms with Gasteiger partial charge in [0.1, 0.15) is 5.82 Å². The lowest BCUT2D eigenvalue weighted by molar-refractivity contribution is 0.400. The minimum Gasteiger partial charge on any atom is -0.480 e. The number of anilines is 2. The van der Waals surface area contributed by atoms with Crippen molar-refractivity contribution in [3.05, 3.63) is 96.2 Å². The molecule has 0 aliphatic rings. The molecule has 0 atom stereocenters. The van der Waals surface area contributed by atoms with E-state index in [1.807, 2.05) is 60.7 Å². The smallest absolute Gasteiger partial charge is 0.223 e. The maximum Gasteiger partial charge on any atom is 0.223 e. The van der Waals surface area contributed by atoms with Crippen LogP contribution in [0.1, 0.15) is 11.3 Å². The molecule has 0 aliphatic carbocycles. The second-order valence-electron chi connectivity index (χ2n) is 7.07. The second kappa shape index (κ2) is 10.2. The Bertz CT molecular complexity index is 1190. The number of hydrogen-bond acceptors (Lipinski definition) is 6. The third-order valence-electron chi connectivity index (χ3n) is 4.90. The Balaban J connectivity index is 1.52. The Morgan fingerprint density at radius 2 is 1.72 bits per heavy atom. The van der Waals surface area contributed by atoms with Gasteiger partial charge in [0.25, 0.3) is 0 Å². The average Bonchev–Trinajstić information content (AvgIpc) is 2.84. The van der Waals surface area contributed by atoms with Gasteiger partial charge in [0.15, 0.2) is 0 Å². The summed E-state index contributed by atoms with van der Waals surface area (Å²) in [7, 11) is 1.56. The van der Waals surface area contributed by atoms with Crippen molar-refractivity contribution in [3.8, 4) is 17.0 Å². The van der Waals surface area contributed by atoms with E-state index in [1.165, 1.54) is 17.8 Å². The number of nitrogens with zero attached hydrogens (tertiary/aromatic N) is 2. The van der Waals surface area contributed by atoms with Gasteiger partial charge in [-0.05, 0) is 17.2 Å². The van der Waals surface area contributed by atoms with Crippen LogP contribution in [-0.4, -0.2) is 17.1 Å². The standard InChI is InChI=1S/C25H23FN4OS/c1-31-25-23(18-10-6-3-7-11-18)24(21(27)14-30-25)29-15-22-20(26)12-19(13-28-22)32-16-17-8-4-2-5-9-17/h2-14H,15-16,27H2,1H3,(H,29,30). The van der Waals surface area contributed by atoms with Crippen molar-refractivity contribution in [1.29, 1.82) is 0 Å². The molecule has 32 heavy (non-hydrogen) atoms. The van der Waals surface area contributed by atoms with Crippen LogP contribution in [0.25, 0.3) is 11.1 Å². The van der Waals surface area contributed by atoms with E-state index >= 15 is 0 Å². The van der Waals surface area contributed by atoms with Crippen molar-refractivity contribution >= 4 is 23.1 Å². The van der Waals surface area contributed by atoms with Crippen LogP contribution in [0.2, 0.25) is 0 Å². The highest BCUT2D eigenvalue weighted by molar-refractivity contribution is 7.98. The van der Waals surface area contributed by atoms with Crippen LogP contribution in [0.4, 0.5) is 15.8 Å². The Hall–Kier alpha value is -3.58. The first kappa shape index (κ1) is 21.6. The van der Waals surface area contributed by atoms with E-state index in [2.05, 4.69) is 15.3 Å². The summed E-state index contributed by atoms with van der Waals surface area (Å²) in [6.07, 6.45) is 3.23. The summed E-state index contributed by atoms with van der Waals surface area (Å²) in [5.41, 5.74) is 10.4. The molecule has 0 radical (unpaired) electrons. The van der Waals surface area contributed by atoms with Crippen molar-refractivity contribution in [2.45, 2.75) is 17.2 Å². The van der Waals surface area contributed by atoms with Gasteiger partial charge in [0.2, 0.25) is 5.88 Å². The summed E-state index contributed by atoms with van der Waals surface area (Å²) in [4.78, 5) is 9.40. The molecule has 4 rings (SSSR count). The van der Waals surface area contributed by atoms with E-state index in [0.29, 0.717) is 22.9 Å². The largest absolute Gasteiger partial charge is 0.480 e. The van der Waals surface area contributed by atoms with Gasteiger partial charge in [-0.1, -0.05) is 60.7 Å². The lowest BCUT2D eigenvalue weighted by Gasteiger charge is -2.17. The topological polar surface area (TPSA) is 73.1 Å². The molecule has 0 unspecified atom stereocenters. The van der Waals surface area contributed by atoms with Gasteiger partial charge in [-0.25, -0.2) is 9.37 Å². The van der Waals surface area contributed by atoms with Crippen molar-refractivity contribution in [3.63, 3.8) is 0 Å². The molecule has 5 nitrogen and oxygen atoms in total. The van der Waals surface area contributed by atoms with Crippen LogP contribution in [0.3, 0.4) is 0 Å². The molecule has 0 aliphatic heterocycles. The van der Waals surface area contributed by atoms with Gasteiger partial charge < -0.3 is 15.8 Å². The Labute approximate surface area is 190 Å². The quantitative estimate of drug-likeness (QED) is 0.334. The van der Waals surface area contributed by atoms with E-state index < -0.39 is 0 Å². The molecule has 0 saturated heterocycles. The third kappa shape index (κ3) is 5.00. The maximum absolute atomic E-state index is 14.8. The first-order chi connectivity index (χ1) is 15.7. The summed E-state index contributed by atoms with van der Waals surface area (Å²) in [5.74, 6) is 0.832. The second-order valence-corrected chi connectivity index (χ2v) is 8.11. The number of rotatable bonds is 8.